The van der Waals surface area contributed by atoms with E-state index in [4.69, 9.17) is 0 Å². The van der Waals surface area contributed by atoms with Crippen LogP contribution in [0.5, 0.6) is 0 Å². The van der Waals surface area contributed by atoms with E-state index in [0.717, 1.165) is 22.7 Å². The summed E-state index contributed by atoms with van der Waals surface area (Å²) in [6.07, 6.45) is 0. The molecule has 0 amide bonds. The highest BCUT2D eigenvalue weighted by Gasteiger charge is 2.53. The predicted octanol–water partition coefficient (Wildman–Crippen LogP) is 18.6. The van der Waals surface area contributed by atoms with Gasteiger partial charge in [-0.05, 0) is 209 Å². The molecule has 6 nitrogen and oxygen atoms in total. The quantitative estimate of drug-likeness (QED) is 0.153. The summed E-state index contributed by atoms with van der Waals surface area (Å²) in [5.74, 6) is 0. The molecule has 0 saturated carbocycles. The Morgan fingerprint density at radius 2 is 0.479 bits per heavy atom. The predicted molar refractivity (Wildman–Crippen MR) is 406 cm³/mol. The second-order valence-electron chi connectivity index (χ2n) is 28.3. The van der Waals surface area contributed by atoms with Gasteiger partial charge in [0, 0.05) is 113 Å². The van der Waals surface area contributed by atoms with Crippen LogP contribution in [0.25, 0.3) is 33.0 Å². The van der Waals surface area contributed by atoms with Gasteiger partial charge in [0.1, 0.15) is 17.6 Å². The summed E-state index contributed by atoms with van der Waals surface area (Å²) in [5, 5.41) is 11.2. The van der Waals surface area contributed by atoms with Gasteiger partial charge in [0.05, 0.1) is 11.4 Å². The van der Waals surface area contributed by atoms with Crippen LogP contribution in [0.15, 0.2) is 291 Å². The maximum absolute atomic E-state index is 2.72. The second kappa shape index (κ2) is 18.7. The molecule has 6 heterocycles. The van der Waals surface area contributed by atoms with E-state index < -0.39 is 17.6 Å². The summed E-state index contributed by atoms with van der Waals surface area (Å²) in [5.41, 5.74) is 32.5. The maximum atomic E-state index is 2.72. The summed E-state index contributed by atoms with van der Waals surface area (Å²) >= 11 is 0. The molecule has 0 radical (unpaired) electrons. The van der Waals surface area contributed by atoms with Gasteiger partial charge in [0.15, 0.2) is 0 Å². The lowest BCUT2D eigenvalue weighted by molar-refractivity contribution is 0.660. The third kappa shape index (κ3) is 6.60. The number of para-hydroxylation sites is 4. The van der Waals surface area contributed by atoms with Gasteiger partial charge >= 0.3 is 0 Å². The molecule has 0 bridgehead atoms. The van der Waals surface area contributed by atoms with Gasteiger partial charge < -0.3 is 29.4 Å². The lowest BCUT2D eigenvalue weighted by Crippen LogP contribution is -2.65. The Balaban J connectivity index is 0.921. The molecule has 96 heavy (non-hydrogen) atoms. The normalized spacial score (nSPS) is 17.0. The third-order valence-electron chi connectivity index (χ3n) is 23.0. The minimum absolute atomic E-state index is 0.220. The molecule has 8 heteroatoms. The van der Waals surface area contributed by atoms with E-state index in [1.165, 1.54) is 166 Å². The standard InChI is InChI=1S/C88H62N6Si2/c1-87(2)65-35-19-17-33-59(65)61-47-45-57(49-67(61)87)91-73-41-21-37-69-81(73)95-83-71(89(69)53-25-9-5-10-26-53)39-23-43-75(83)93(55-29-13-7-14-30-55)79-64-52-78-86-80(63(64)51-77(91)85(79)95)94(56-31-15-8-16-32-56)76-44-24-40-72-84(76)96(86)82-70(90(72)54-27-11-6-12-28-54)38-22-42-74(82)92(78)58-46-48-62-60-34-18-20-36-66(60)88(3,4)68(62)50-58/h5-52,95-96H,1-4H3. The SMILES string of the molecule is CC1(C)c2ccccc2-c2ccc(N3c4cccc5c4[SiH]4c6c(cccc6N(c6ccccc6)c6c4c3cc3c4c7c(cc63)N(c3ccc6c(c3)C(C)(C)c3ccccc3-6)c3cccc6c3[SiH]7c3c(cccc3N4c3ccccc3)N6c3ccccc3)N5c3ccccc3)cc21. The highest BCUT2D eigenvalue weighted by Crippen LogP contribution is 2.60. The highest BCUT2D eigenvalue weighted by molar-refractivity contribution is 7.04. The van der Waals surface area contributed by atoms with E-state index in [1.54, 1.807) is 0 Å². The van der Waals surface area contributed by atoms with Crippen LogP contribution in [0.3, 0.4) is 0 Å². The number of fused-ring (bicyclic) bond motifs is 9. The van der Waals surface area contributed by atoms with Crippen LogP contribution in [0.1, 0.15) is 49.9 Å². The number of rotatable bonds is 6. The van der Waals surface area contributed by atoms with Crippen LogP contribution in [0, 0.1) is 0 Å². The Kier molecular flexibility index (Phi) is 10.3. The van der Waals surface area contributed by atoms with Crippen LogP contribution in [0.2, 0.25) is 0 Å². The van der Waals surface area contributed by atoms with Crippen molar-refractivity contribution >= 4 is 162 Å². The lowest BCUT2D eigenvalue weighted by atomic mass is 9.82. The van der Waals surface area contributed by atoms with Crippen molar-refractivity contribution in [2.24, 2.45) is 0 Å². The monoisotopic (exact) mass is 1260 g/mol. The van der Waals surface area contributed by atoms with E-state index >= 15 is 0 Å². The Labute approximate surface area is 561 Å². The molecule has 0 fully saturated rings. The van der Waals surface area contributed by atoms with Crippen LogP contribution >= 0.6 is 0 Å². The van der Waals surface area contributed by atoms with Crippen LogP contribution in [0.4, 0.5) is 102 Å². The highest BCUT2D eigenvalue weighted by atomic mass is 28.3. The third-order valence-corrected chi connectivity index (χ3v) is 29.9. The van der Waals surface area contributed by atoms with Crippen molar-refractivity contribution < 1.29 is 0 Å². The van der Waals surface area contributed by atoms with Crippen molar-refractivity contribution in [2.75, 3.05) is 29.4 Å². The Morgan fingerprint density at radius 3 is 0.812 bits per heavy atom. The average molecular weight is 1260 g/mol. The molecule has 0 spiro atoms. The Morgan fingerprint density at radius 1 is 0.208 bits per heavy atom. The fourth-order valence-corrected chi connectivity index (χ4v) is 27.1. The topological polar surface area (TPSA) is 19.4 Å². The zero-order valence-corrected chi connectivity index (χ0v) is 55.9. The summed E-state index contributed by atoms with van der Waals surface area (Å²) in [7, 11) is -4.92. The van der Waals surface area contributed by atoms with Crippen molar-refractivity contribution in [3.8, 4) is 22.3 Å². The molecule has 14 aromatic rings. The van der Waals surface area contributed by atoms with Crippen molar-refractivity contribution in [3.05, 3.63) is 313 Å². The first-order valence-corrected chi connectivity index (χ1v) is 37.4. The smallest absolute Gasteiger partial charge is 0.149 e. The Bertz CT molecular complexity index is 5430. The molecule has 0 saturated heterocycles. The number of hydrogen-bond donors (Lipinski definition) is 0. The van der Waals surface area contributed by atoms with E-state index in [-0.39, 0.29) is 10.8 Å². The van der Waals surface area contributed by atoms with Crippen LogP contribution in [-0.2, 0) is 10.8 Å². The molecule has 452 valence electrons. The molecule has 8 aliphatic rings. The number of hydrogen-bond acceptors (Lipinski definition) is 6. The molecule has 14 aromatic carbocycles. The van der Waals surface area contributed by atoms with Crippen molar-refractivity contribution in [3.63, 3.8) is 0 Å². The summed E-state index contributed by atoms with van der Waals surface area (Å²) in [4.78, 5) is 16.0. The first kappa shape index (κ1) is 53.0. The maximum Gasteiger partial charge on any atom is 0.149 e. The minimum atomic E-state index is -2.46. The van der Waals surface area contributed by atoms with E-state index in [2.05, 4.69) is 348 Å². The van der Waals surface area contributed by atoms with E-state index in [0.29, 0.717) is 0 Å². The zero-order chi connectivity index (χ0) is 63.2. The van der Waals surface area contributed by atoms with Gasteiger partial charge in [-0.3, -0.25) is 0 Å². The summed E-state index contributed by atoms with van der Waals surface area (Å²) < 4.78 is 0. The fraction of sp³-hybridized carbons (Fsp3) is 0.0682. The molecule has 2 aliphatic carbocycles. The molecular formula is C88H62N6Si2. The molecule has 0 aromatic heterocycles. The van der Waals surface area contributed by atoms with Gasteiger partial charge in [-0.1, -0.05) is 185 Å². The minimum Gasteiger partial charge on any atom is -0.311 e. The number of anilines is 18. The van der Waals surface area contributed by atoms with Crippen molar-refractivity contribution in [1.29, 1.82) is 0 Å². The second-order valence-corrected chi connectivity index (χ2v) is 33.5. The number of nitrogens with zero attached hydrogens (tertiary/aromatic N) is 6. The van der Waals surface area contributed by atoms with Crippen molar-refractivity contribution in [1.82, 2.24) is 0 Å². The summed E-state index contributed by atoms with van der Waals surface area (Å²) in [6, 6.07) is 112. The molecule has 6 aliphatic heterocycles. The molecule has 22 rings (SSSR count). The molecule has 0 N–H and O–H groups in total. The lowest BCUT2D eigenvalue weighted by Gasteiger charge is -2.52. The van der Waals surface area contributed by atoms with Gasteiger partial charge in [-0.15, -0.1) is 0 Å². The molecular weight excluding hydrogens is 1200 g/mol. The van der Waals surface area contributed by atoms with Crippen LogP contribution < -0.4 is 60.5 Å². The van der Waals surface area contributed by atoms with E-state index in [9.17, 15) is 0 Å². The molecule has 2 unspecified atom stereocenters. The Hall–Kier alpha value is -11.4. The van der Waals surface area contributed by atoms with Crippen LogP contribution in [-0.4, -0.2) is 17.6 Å². The zero-order valence-electron chi connectivity index (χ0n) is 53.6. The van der Waals surface area contributed by atoms with E-state index in [1.807, 2.05) is 0 Å². The molecule has 2 atom stereocenters. The number of benzene rings is 14. The first-order chi connectivity index (χ1) is 47.2. The fourth-order valence-electron chi connectivity index (χ4n) is 19.1. The van der Waals surface area contributed by atoms with Gasteiger partial charge in [0.25, 0.3) is 0 Å². The van der Waals surface area contributed by atoms with Gasteiger partial charge in [-0.25, -0.2) is 0 Å². The van der Waals surface area contributed by atoms with Gasteiger partial charge in [-0.2, -0.15) is 0 Å². The average Bonchev–Trinajstić information content (AvgIpc) is 0.990. The van der Waals surface area contributed by atoms with Gasteiger partial charge in [0.2, 0.25) is 0 Å². The van der Waals surface area contributed by atoms with Crippen molar-refractivity contribution in [2.45, 2.75) is 38.5 Å². The first-order valence-electron chi connectivity index (χ1n) is 33.9. The largest absolute Gasteiger partial charge is 0.311 e. The summed E-state index contributed by atoms with van der Waals surface area (Å²) in [6.45, 7) is 9.71.